The van der Waals surface area contributed by atoms with Crippen molar-refractivity contribution in [2.24, 2.45) is 0 Å². The molecule has 0 spiro atoms. The van der Waals surface area contributed by atoms with E-state index in [0.29, 0.717) is 13.1 Å². The number of hydrogen-bond donors (Lipinski definition) is 0. The van der Waals surface area contributed by atoms with Gasteiger partial charge in [0.25, 0.3) is 5.91 Å². The standard InChI is InChI=1S/C20H24N2O4S/c1-2-17-8-6-7-11-19(17)26-16-20(23)21-12-14-22(15-13-21)27(24,25)18-9-4-3-5-10-18/h3-11H,2,12-16H2,1H3. The van der Waals surface area contributed by atoms with Crippen molar-refractivity contribution in [2.75, 3.05) is 32.8 Å². The number of ether oxygens (including phenoxy) is 1. The average Bonchev–Trinajstić information content (AvgIpc) is 2.73. The molecule has 1 saturated heterocycles. The number of piperazine rings is 1. The molecule has 144 valence electrons. The number of aryl methyl sites for hydroxylation is 1. The lowest BCUT2D eigenvalue weighted by Gasteiger charge is -2.34. The molecule has 1 fully saturated rings. The number of rotatable bonds is 6. The third kappa shape index (κ3) is 4.48. The van der Waals surface area contributed by atoms with Crippen molar-refractivity contribution in [3.63, 3.8) is 0 Å². The molecule has 1 aliphatic heterocycles. The fourth-order valence-corrected chi connectivity index (χ4v) is 4.53. The monoisotopic (exact) mass is 388 g/mol. The molecule has 3 rings (SSSR count). The van der Waals surface area contributed by atoms with Crippen LogP contribution in [-0.2, 0) is 21.2 Å². The molecule has 7 heteroatoms. The molecule has 6 nitrogen and oxygen atoms in total. The molecule has 0 bridgehead atoms. The minimum Gasteiger partial charge on any atom is -0.483 e. The maximum absolute atomic E-state index is 12.6. The van der Waals surface area contributed by atoms with Crippen LogP contribution in [0.1, 0.15) is 12.5 Å². The molecule has 0 atom stereocenters. The molecule has 2 aromatic carbocycles. The zero-order valence-corrected chi connectivity index (χ0v) is 16.2. The third-order valence-electron chi connectivity index (χ3n) is 4.68. The number of nitrogens with zero attached hydrogens (tertiary/aromatic N) is 2. The molecule has 0 aliphatic carbocycles. The van der Waals surface area contributed by atoms with E-state index in [1.165, 1.54) is 4.31 Å². The minimum absolute atomic E-state index is 0.0392. The van der Waals surface area contributed by atoms with E-state index in [-0.39, 0.29) is 30.5 Å². The van der Waals surface area contributed by atoms with Gasteiger partial charge in [0.15, 0.2) is 6.61 Å². The fourth-order valence-electron chi connectivity index (χ4n) is 3.09. The zero-order chi connectivity index (χ0) is 19.3. The van der Waals surface area contributed by atoms with Gasteiger partial charge in [-0.25, -0.2) is 8.42 Å². The van der Waals surface area contributed by atoms with Crippen molar-refractivity contribution in [3.8, 4) is 5.75 Å². The first-order valence-electron chi connectivity index (χ1n) is 9.06. The van der Waals surface area contributed by atoms with Crippen molar-refractivity contribution in [1.82, 2.24) is 9.21 Å². The number of amides is 1. The summed E-state index contributed by atoms with van der Waals surface area (Å²) in [5.41, 5.74) is 1.06. The van der Waals surface area contributed by atoms with Crippen LogP contribution in [-0.4, -0.2) is 56.3 Å². The number of sulfonamides is 1. The molecule has 0 unspecified atom stereocenters. The van der Waals surface area contributed by atoms with Crippen molar-refractivity contribution in [1.29, 1.82) is 0 Å². The van der Waals surface area contributed by atoms with Gasteiger partial charge in [0.2, 0.25) is 10.0 Å². The summed E-state index contributed by atoms with van der Waals surface area (Å²) in [7, 11) is -3.51. The van der Waals surface area contributed by atoms with Gasteiger partial charge in [0.1, 0.15) is 5.75 Å². The van der Waals surface area contributed by atoms with E-state index in [1.807, 2.05) is 31.2 Å². The van der Waals surface area contributed by atoms with E-state index in [1.54, 1.807) is 35.2 Å². The van der Waals surface area contributed by atoms with Crippen molar-refractivity contribution in [2.45, 2.75) is 18.2 Å². The first kappa shape index (κ1) is 19.4. The van der Waals surface area contributed by atoms with Crippen LogP contribution in [0.5, 0.6) is 5.75 Å². The highest BCUT2D eigenvalue weighted by molar-refractivity contribution is 7.89. The second-order valence-corrected chi connectivity index (χ2v) is 8.29. The Morgan fingerprint density at radius 1 is 0.963 bits per heavy atom. The van der Waals surface area contributed by atoms with Crippen LogP contribution in [0.2, 0.25) is 0 Å². The van der Waals surface area contributed by atoms with Gasteiger partial charge in [-0.05, 0) is 30.2 Å². The van der Waals surface area contributed by atoms with Gasteiger partial charge < -0.3 is 9.64 Å². The quantitative estimate of drug-likeness (QED) is 0.761. The first-order valence-corrected chi connectivity index (χ1v) is 10.5. The van der Waals surface area contributed by atoms with Crippen LogP contribution in [0.4, 0.5) is 0 Å². The van der Waals surface area contributed by atoms with Crippen LogP contribution >= 0.6 is 0 Å². The van der Waals surface area contributed by atoms with Crippen molar-refractivity contribution >= 4 is 15.9 Å². The molecular weight excluding hydrogens is 364 g/mol. The normalized spacial score (nSPS) is 15.5. The van der Waals surface area contributed by atoms with E-state index in [2.05, 4.69) is 0 Å². The number of hydrogen-bond acceptors (Lipinski definition) is 4. The summed E-state index contributed by atoms with van der Waals surface area (Å²) in [5, 5.41) is 0. The van der Waals surface area contributed by atoms with Gasteiger partial charge in [0, 0.05) is 26.2 Å². The van der Waals surface area contributed by atoms with E-state index in [0.717, 1.165) is 17.7 Å². The lowest BCUT2D eigenvalue weighted by atomic mass is 10.1. The average molecular weight is 388 g/mol. The number of carbonyl (C=O) groups is 1. The highest BCUT2D eigenvalue weighted by atomic mass is 32.2. The Morgan fingerprint density at radius 2 is 1.59 bits per heavy atom. The second-order valence-electron chi connectivity index (χ2n) is 6.35. The summed E-state index contributed by atoms with van der Waals surface area (Å²) in [6.07, 6.45) is 0.834. The number of para-hydroxylation sites is 1. The van der Waals surface area contributed by atoms with Crippen molar-refractivity contribution in [3.05, 3.63) is 60.2 Å². The van der Waals surface area contributed by atoms with Gasteiger partial charge in [-0.3, -0.25) is 4.79 Å². The Bertz CT molecular complexity index is 876. The van der Waals surface area contributed by atoms with E-state index in [9.17, 15) is 13.2 Å². The van der Waals surface area contributed by atoms with E-state index < -0.39 is 10.0 Å². The summed E-state index contributed by atoms with van der Waals surface area (Å²) >= 11 is 0. The topological polar surface area (TPSA) is 66.9 Å². The molecule has 2 aromatic rings. The summed E-state index contributed by atoms with van der Waals surface area (Å²) in [6, 6.07) is 16.0. The van der Waals surface area contributed by atoms with Gasteiger partial charge in [0.05, 0.1) is 4.90 Å². The maximum Gasteiger partial charge on any atom is 0.260 e. The summed E-state index contributed by atoms with van der Waals surface area (Å²) in [4.78, 5) is 14.4. The van der Waals surface area contributed by atoms with Crippen LogP contribution in [0.25, 0.3) is 0 Å². The van der Waals surface area contributed by atoms with Crippen LogP contribution in [0, 0.1) is 0 Å². The third-order valence-corrected chi connectivity index (χ3v) is 6.59. The van der Waals surface area contributed by atoms with E-state index >= 15 is 0 Å². The Labute approximate surface area is 160 Å². The van der Waals surface area contributed by atoms with Crippen LogP contribution in [0.15, 0.2) is 59.5 Å². The van der Waals surface area contributed by atoms with Gasteiger partial charge in [-0.2, -0.15) is 4.31 Å². The molecule has 1 heterocycles. The Balaban J connectivity index is 1.55. The smallest absolute Gasteiger partial charge is 0.260 e. The summed E-state index contributed by atoms with van der Waals surface area (Å²) in [5.74, 6) is 0.594. The van der Waals surface area contributed by atoms with Crippen molar-refractivity contribution < 1.29 is 17.9 Å². The predicted molar refractivity (Wildman–Crippen MR) is 103 cm³/mol. The van der Waals surface area contributed by atoms with Crippen LogP contribution < -0.4 is 4.74 Å². The highest BCUT2D eigenvalue weighted by Crippen LogP contribution is 2.19. The number of benzene rings is 2. The summed E-state index contributed by atoms with van der Waals surface area (Å²) in [6.45, 7) is 3.30. The zero-order valence-electron chi connectivity index (χ0n) is 15.4. The SMILES string of the molecule is CCc1ccccc1OCC(=O)N1CCN(S(=O)(=O)c2ccccc2)CC1. The maximum atomic E-state index is 12.6. The highest BCUT2D eigenvalue weighted by Gasteiger charge is 2.30. The fraction of sp³-hybridized carbons (Fsp3) is 0.350. The molecule has 0 N–H and O–H groups in total. The molecule has 1 amide bonds. The lowest BCUT2D eigenvalue weighted by molar-refractivity contribution is -0.134. The molecule has 1 aliphatic rings. The number of carbonyl (C=O) groups excluding carboxylic acids is 1. The molecule has 0 radical (unpaired) electrons. The first-order chi connectivity index (χ1) is 13.0. The molecule has 0 aromatic heterocycles. The van der Waals surface area contributed by atoms with Gasteiger partial charge in [-0.15, -0.1) is 0 Å². The Kier molecular flexibility index (Phi) is 6.13. The van der Waals surface area contributed by atoms with Crippen LogP contribution in [0.3, 0.4) is 0 Å². The minimum atomic E-state index is -3.51. The molecule has 27 heavy (non-hydrogen) atoms. The second kappa shape index (κ2) is 8.54. The largest absolute Gasteiger partial charge is 0.483 e. The van der Waals surface area contributed by atoms with E-state index in [4.69, 9.17) is 4.74 Å². The molecular formula is C20H24N2O4S. The summed E-state index contributed by atoms with van der Waals surface area (Å²) < 4.78 is 32.4. The Morgan fingerprint density at radius 3 is 2.26 bits per heavy atom. The van der Waals surface area contributed by atoms with Gasteiger partial charge >= 0.3 is 0 Å². The predicted octanol–water partition coefficient (Wildman–Crippen LogP) is 2.16. The van der Waals surface area contributed by atoms with Gasteiger partial charge in [-0.1, -0.05) is 43.3 Å². The lowest BCUT2D eigenvalue weighted by Crippen LogP contribution is -2.51. The Hall–Kier alpha value is -2.38. The molecule has 0 saturated carbocycles.